The summed E-state index contributed by atoms with van der Waals surface area (Å²) in [5.41, 5.74) is -3.81. The van der Waals surface area contributed by atoms with Gasteiger partial charge in [-0.25, -0.2) is 70.5 Å². The fraction of sp³-hybridized carbons (Fsp3) is 0.0741. The van der Waals surface area contributed by atoms with Crippen LogP contribution >= 0.6 is 46.4 Å². The lowest BCUT2D eigenvalue weighted by atomic mass is 10.2. The first-order valence-electron chi connectivity index (χ1n) is 33.4. The SMILES string of the molecule is COc1ccc2cc(S(=O)(=O)c3ccc(Cl)c(Cl)c3)c(=O)oc2c1.COc1ccc2cc(S(=O)(=O)c3ccc(Cl)cc3)c(=O)oc2c1.COc1ccc2cc(S(=O)(=O)c3ccc(F)c(Cl)c3)c(=O)oc2c1.COc1ccc2cc(S(=O)(=O)c3ccc(OC)c(OC)c3)c(=O)oc2c1.O=c1oc2cc(O)ccc2cc1S(=O)(=O)c1ccccc1. The van der Waals surface area contributed by atoms with E-state index in [9.17, 15) is 75.6 Å². The van der Waals surface area contributed by atoms with Crippen LogP contribution in [0.3, 0.4) is 0 Å². The van der Waals surface area contributed by atoms with E-state index in [-0.39, 0.29) is 79.0 Å². The highest BCUT2D eigenvalue weighted by Crippen LogP contribution is 2.36. The number of hydrogen-bond donors (Lipinski definition) is 1. The van der Waals surface area contributed by atoms with Gasteiger partial charge in [0, 0.05) is 68.4 Å². The van der Waals surface area contributed by atoms with E-state index in [0.29, 0.717) is 60.7 Å². The second kappa shape index (κ2) is 35.6. The topological polar surface area (TPSA) is 397 Å². The number of benzene rings is 10. The van der Waals surface area contributed by atoms with Gasteiger partial charge in [-0.3, -0.25) is 0 Å². The molecule has 0 aliphatic heterocycles. The van der Waals surface area contributed by atoms with E-state index in [2.05, 4.69) is 0 Å². The molecule has 0 amide bonds. The Morgan fingerprint density at radius 3 is 0.915 bits per heavy atom. The molecule has 0 aliphatic carbocycles. The number of phenolic OH excluding ortho intramolecular Hbond substituents is 1. The van der Waals surface area contributed by atoms with Crippen LogP contribution in [0.2, 0.25) is 20.1 Å². The number of hydrogen-bond acceptors (Lipinski definition) is 27. The van der Waals surface area contributed by atoms with Gasteiger partial charge in [-0.15, -0.1) is 0 Å². The smallest absolute Gasteiger partial charge is 0.355 e. The molecular weight excluding hydrogens is 1730 g/mol. The predicted molar refractivity (Wildman–Crippen MR) is 433 cm³/mol. The molecule has 37 heteroatoms. The summed E-state index contributed by atoms with van der Waals surface area (Å²) in [5.74, 6) is 1.76. The average Bonchev–Trinajstić information content (AvgIpc) is 0.787. The Kier molecular flexibility index (Phi) is 26.1. The molecule has 0 unspecified atom stereocenters. The van der Waals surface area contributed by atoms with Crippen molar-refractivity contribution in [2.45, 2.75) is 49.0 Å². The molecule has 15 aromatic rings. The molecule has 27 nitrogen and oxygen atoms in total. The van der Waals surface area contributed by atoms with Crippen LogP contribution in [-0.4, -0.2) is 89.9 Å². The van der Waals surface area contributed by atoms with Gasteiger partial charge in [-0.2, -0.15) is 0 Å². The van der Waals surface area contributed by atoms with Gasteiger partial charge in [0.2, 0.25) is 49.2 Å². The monoisotopic (exact) mass is 1780 g/mol. The molecule has 15 rings (SSSR count). The van der Waals surface area contributed by atoms with Crippen molar-refractivity contribution in [2.75, 3.05) is 42.7 Å². The predicted octanol–water partition coefficient (Wildman–Crippen LogP) is 15.6. The minimum atomic E-state index is -4.20. The van der Waals surface area contributed by atoms with Crippen LogP contribution in [0.5, 0.6) is 40.2 Å². The zero-order chi connectivity index (χ0) is 85.5. The molecule has 0 radical (unpaired) electrons. The first-order chi connectivity index (χ1) is 55.9. The maximum Gasteiger partial charge on any atom is 0.355 e. The number of halogens is 5. The van der Waals surface area contributed by atoms with E-state index in [0.717, 1.165) is 18.2 Å². The Bertz CT molecular complexity index is 7210. The lowest BCUT2D eigenvalue weighted by Crippen LogP contribution is -2.14. The third-order valence-electron chi connectivity index (χ3n) is 17.0. The van der Waals surface area contributed by atoms with Gasteiger partial charge >= 0.3 is 28.1 Å². The third-order valence-corrected chi connectivity index (χ3v) is 27.0. The highest BCUT2D eigenvalue weighted by atomic mass is 35.5. The maximum atomic E-state index is 13.2. The molecular formula is C81H57Cl4FO27S5. The summed E-state index contributed by atoms with van der Waals surface area (Å²) in [6, 6.07) is 53.5. The highest BCUT2D eigenvalue weighted by molar-refractivity contribution is 7.92. The number of sulfone groups is 5. The largest absolute Gasteiger partial charge is 0.508 e. The van der Waals surface area contributed by atoms with E-state index < -0.39 is 108 Å². The molecule has 0 saturated carbocycles. The third kappa shape index (κ3) is 18.7. The van der Waals surface area contributed by atoms with E-state index in [4.69, 9.17) is 96.9 Å². The normalized spacial score (nSPS) is 11.6. The van der Waals surface area contributed by atoms with Gasteiger partial charge in [0.1, 0.15) is 62.5 Å². The van der Waals surface area contributed by atoms with Crippen molar-refractivity contribution in [3.63, 3.8) is 0 Å². The van der Waals surface area contributed by atoms with E-state index in [1.807, 2.05) is 0 Å². The second-order valence-electron chi connectivity index (χ2n) is 24.3. The Labute approximate surface area is 687 Å². The summed E-state index contributed by atoms with van der Waals surface area (Å²) in [4.78, 5) is 57.7. The van der Waals surface area contributed by atoms with Gasteiger partial charge in [-0.05, 0) is 176 Å². The molecule has 0 saturated heterocycles. The zero-order valence-corrected chi connectivity index (χ0v) is 68.5. The Balaban J connectivity index is 0.000000145. The fourth-order valence-electron chi connectivity index (χ4n) is 10.9. The van der Waals surface area contributed by atoms with Crippen molar-refractivity contribution in [3.05, 3.63) is 309 Å². The van der Waals surface area contributed by atoms with Crippen LogP contribution < -0.4 is 56.5 Å². The maximum absolute atomic E-state index is 13.2. The van der Waals surface area contributed by atoms with Gasteiger partial charge in [0.25, 0.3) is 0 Å². The molecule has 5 aromatic heterocycles. The quantitative estimate of drug-likeness (QED) is 0.0693. The Morgan fingerprint density at radius 2 is 0.576 bits per heavy atom. The standard InChI is InChI=1S/C18H16O7S.C16H10Cl2O5S.C16H10ClFO5S.C16H11ClO5S.C15H10O5S/c1-22-12-5-4-11-8-17(18(19)25-15(11)9-12)26(20,21)13-6-7-14(23-2)16(10-13)24-3;1-22-10-3-2-9-6-15(16(19)23-14(9)7-10)24(20,21)11-4-5-12(17)13(18)8-11;1-22-10-3-2-9-6-15(16(19)23-14(9)7-10)24(20,21)11-4-5-13(18)12(17)8-11;1-21-12-5-2-10-8-15(16(18)22-14(10)9-12)23(19,20)13-6-3-11(17)4-7-13;16-11-7-6-10-8-14(15(17)20-13(10)9-11)21(18,19)12-4-2-1-3-5-12/h4-10H,1-3H3;2*2-8H,1H3;2-9H,1H3;1-9,16H. The number of fused-ring (bicyclic) bond motifs is 5. The number of rotatable bonds is 16. The van der Waals surface area contributed by atoms with Crippen LogP contribution in [0.4, 0.5) is 4.39 Å². The Morgan fingerprint density at radius 1 is 0.280 bits per heavy atom. The van der Waals surface area contributed by atoms with E-state index >= 15 is 0 Å². The summed E-state index contributed by atoms with van der Waals surface area (Å²) in [6.45, 7) is 0. The molecule has 608 valence electrons. The molecule has 118 heavy (non-hydrogen) atoms. The Hall–Kier alpha value is -12.3. The highest BCUT2D eigenvalue weighted by Gasteiger charge is 2.30. The van der Waals surface area contributed by atoms with Crippen LogP contribution in [0, 0.1) is 5.82 Å². The van der Waals surface area contributed by atoms with Crippen molar-refractivity contribution in [1.82, 2.24) is 0 Å². The van der Waals surface area contributed by atoms with Gasteiger partial charge in [0.15, 0.2) is 36.0 Å². The van der Waals surface area contributed by atoms with Crippen molar-refractivity contribution in [1.29, 1.82) is 0 Å². The van der Waals surface area contributed by atoms with Gasteiger partial charge in [-0.1, -0.05) is 64.6 Å². The zero-order valence-electron chi connectivity index (χ0n) is 61.4. The first-order valence-corrected chi connectivity index (χ1v) is 42.3. The molecule has 5 heterocycles. The van der Waals surface area contributed by atoms with E-state index in [1.54, 1.807) is 66.7 Å². The van der Waals surface area contributed by atoms with E-state index in [1.165, 1.54) is 188 Å². The molecule has 0 bridgehead atoms. The summed E-state index contributed by atoms with van der Waals surface area (Å²) in [7, 11) is -11.6. The number of ether oxygens (including phenoxy) is 6. The average molecular weight is 1780 g/mol. The van der Waals surface area contributed by atoms with Crippen LogP contribution in [0.15, 0.2) is 326 Å². The summed E-state index contributed by atoms with van der Waals surface area (Å²) in [5, 5.41) is 11.9. The summed E-state index contributed by atoms with van der Waals surface area (Å²) < 4.78 is 196. The van der Waals surface area contributed by atoms with Crippen molar-refractivity contribution in [3.8, 4) is 40.2 Å². The van der Waals surface area contributed by atoms with Crippen molar-refractivity contribution >= 4 is 150 Å². The second-order valence-corrected chi connectivity index (χ2v) is 35.5. The van der Waals surface area contributed by atoms with Crippen molar-refractivity contribution in [2.24, 2.45) is 0 Å². The molecule has 1 N–H and O–H groups in total. The molecule has 10 aromatic carbocycles. The molecule has 0 fully saturated rings. The lowest BCUT2D eigenvalue weighted by molar-refractivity contribution is 0.354. The van der Waals surface area contributed by atoms with Gasteiger partial charge < -0.3 is 55.6 Å². The van der Waals surface area contributed by atoms with Crippen LogP contribution in [0.1, 0.15) is 0 Å². The van der Waals surface area contributed by atoms with Gasteiger partial charge in [0.05, 0.1) is 82.2 Å². The number of phenols is 1. The summed E-state index contributed by atoms with van der Waals surface area (Å²) >= 11 is 23.0. The number of aromatic hydroxyl groups is 1. The lowest BCUT2D eigenvalue weighted by Gasteiger charge is -2.10. The minimum absolute atomic E-state index is 0.0235. The fourth-order valence-corrected chi connectivity index (χ4v) is 18.2. The minimum Gasteiger partial charge on any atom is -0.508 e. The molecule has 0 spiro atoms. The summed E-state index contributed by atoms with van der Waals surface area (Å²) in [6.07, 6.45) is 0. The number of methoxy groups -OCH3 is 6. The van der Waals surface area contributed by atoms with Crippen molar-refractivity contribution < 1.29 is 102 Å². The molecule has 0 atom stereocenters. The van der Waals surface area contributed by atoms with Crippen LogP contribution in [0.25, 0.3) is 54.8 Å². The first kappa shape index (κ1) is 86.5. The van der Waals surface area contributed by atoms with Crippen LogP contribution in [-0.2, 0) is 49.2 Å². The molecule has 0 aliphatic rings.